The second kappa shape index (κ2) is 4.75. The molecule has 0 saturated carbocycles. The Hall–Kier alpha value is -1.56. The zero-order chi connectivity index (χ0) is 12.4. The first-order valence-corrected chi connectivity index (χ1v) is 6.06. The number of aryl methyl sites for hydroxylation is 1. The van der Waals surface area contributed by atoms with Crippen LogP contribution in [0.15, 0.2) is 0 Å². The number of nitrogens with one attached hydrogen (secondary N) is 1. The van der Waals surface area contributed by atoms with Crippen LogP contribution in [-0.4, -0.2) is 26.3 Å². The van der Waals surface area contributed by atoms with Crippen molar-refractivity contribution in [2.45, 2.75) is 19.3 Å². The van der Waals surface area contributed by atoms with Crippen LogP contribution < -0.4 is 5.32 Å². The Morgan fingerprint density at radius 2 is 2.00 bits per heavy atom. The zero-order valence-corrected chi connectivity index (χ0v) is 10.5. The van der Waals surface area contributed by atoms with E-state index >= 15 is 0 Å². The summed E-state index contributed by atoms with van der Waals surface area (Å²) in [6.07, 6.45) is 2.28. The van der Waals surface area contributed by atoms with Crippen molar-refractivity contribution in [2.24, 2.45) is 0 Å². The van der Waals surface area contributed by atoms with Crippen molar-refractivity contribution in [1.82, 2.24) is 0 Å². The van der Waals surface area contributed by atoms with E-state index in [-0.39, 0.29) is 0 Å². The molecule has 0 aliphatic heterocycles. The number of hydrogen-bond donors (Lipinski definition) is 1. The van der Waals surface area contributed by atoms with E-state index in [1.54, 1.807) is 0 Å². The molecule has 92 valence electrons. The molecule has 1 aromatic heterocycles. The summed E-state index contributed by atoms with van der Waals surface area (Å²) in [5.41, 5.74) is 1.49. The summed E-state index contributed by atoms with van der Waals surface area (Å²) in [6.45, 7) is 0. The summed E-state index contributed by atoms with van der Waals surface area (Å²) >= 11 is 1.42. The van der Waals surface area contributed by atoms with E-state index in [0.29, 0.717) is 10.6 Å². The van der Waals surface area contributed by atoms with Gasteiger partial charge in [-0.25, -0.2) is 9.59 Å². The quantitative estimate of drug-likeness (QED) is 0.823. The standard InChI is InChI=1S/C11H13NO4S/c1-15-10(13)8-6-4-3-5-7(6)17-9(8)12-11(14)16-2/h3-5H2,1-2H3,(H,12,14). The molecular weight excluding hydrogens is 242 g/mol. The summed E-state index contributed by atoms with van der Waals surface area (Å²) in [7, 11) is 2.62. The first-order valence-electron chi connectivity index (χ1n) is 5.25. The van der Waals surface area contributed by atoms with Crippen LogP contribution in [-0.2, 0) is 22.3 Å². The van der Waals surface area contributed by atoms with Crippen LogP contribution in [0.5, 0.6) is 0 Å². The number of rotatable bonds is 2. The molecule has 1 N–H and O–H groups in total. The number of esters is 1. The largest absolute Gasteiger partial charge is 0.465 e. The molecule has 2 rings (SSSR count). The van der Waals surface area contributed by atoms with E-state index < -0.39 is 12.1 Å². The molecule has 0 spiro atoms. The van der Waals surface area contributed by atoms with Crippen molar-refractivity contribution in [3.05, 3.63) is 16.0 Å². The zero-order valence-electron chi connectivity index (χ0n) is 9.66. The molecule has 5 nitrogen and oxygen atoms in total. The first-order chi connectivity index (χ1) is 8.17. The maximum atomic E-state index is 11.7. The van der Waals surface area contributed by atoms with Gasteiger partial charge in [0.05, 0.1) is 19.8 Å². The Balaban J connectivity index is 2.38. The van der Waals surface area contributed by atoms with Gasteiger partial charge in [0.2, 0.25) is 0 Å². The van der Waals surface area contributed by atoms with Crippen LogP contribution in [0, 0.1) is 0 Å². The van der Waals surface area contributed by atoms with Gasteiger partial charge in [-0.3, -0.25) is 5.32 Å². The predicted molar refractivity (Wildman–Crippen MR) is 63.7 cm³/mol. The molecule has 1 heterocycles. The summed E-state index contributed by atoms with van der Waals surface area (Å²) in [6, 6.07) is 0. The van der Waals surface area contributed by atoms with Crippen molar-refractivity contribution in [2.75, 3.05) is 19.5 Å². The van der Waals surface area contributed by atoms with Gasteiger partial charge in [-0.2, -0.15) is 0 Å². The lowest BCUT2D eigenvalue weighted by Crippen LogP contribution is -2.13. The third-order valence-electron chi connectivity index (χ3n) is 2.71. The van der Waals surface area contributed by atoms with Gasteiger partial charge < -0.3 is 9.47 Å². The van der Waals surface area contributed by atoms with Gasteiger partial charge >= 0.3 is 12.1 Å². The molecule has 1 aliphatic rings. The minimum absolute atomic E-state index is 0.407. The first kappa shape index (κ1) is 11.9. The number of methoxy groups -OCH3 is 2. The monoisotopic (exact) mass is 255 g/mol. The number of hydrogen-bond acceptors (Lipinski definition) is 5. The van der Waals surface area contributed by atoms with E-state index in [0.717, 1.165) is 29.7 Å². The van der Waals surface area contributed by atoms with Crippen molar-refractivity contribution in [1.29, 1.82) is 0 Å². The fraction of sp³-hybridized carbons (Fsp3) is 0.455. The molecule has 0 saturated heterocycles. The molecule has 1 aromatic rings. The summed E-state index contributed by atoms with van der Waals surface area (Å²) in [4.78, 5) is 24.1. The number of ether oxygens (including phenoxy) is 2. The van der Waals surface area contributed by atoms with Crippen LogP contribution in [0.1, 0.15) is 27.2 Å². The predicted octanol–water partition coefficient (Wildman–Crippen LogP) is 2.20. The second-order valence-electron chi connectivity index (χ2n) is 3.67. The summed E-state index contributed by atoms with van der Waals surface area (Å²) < 4.78 is 9.28. The van der Waals surface area contributed by atoms with Crippen molar-refractivity contribution in [3.8, 4) is 0 Å². The van der Waals surface area contributed by atoms with Crippen LogP contribution in [0.2, 0.25) is 0 Å². The Bertz CT molecular complexity index is 466. The van der Waals surface area contributed by atoms with E-state index in [1.807, 2.05) is 0 Å². The minimum atomic E-state index is -0.574. The normalized spacial score (nSPS) is 13.1. The van der Waals surface area contributed by atoms with Gasteiger partial charge in [-0.05, 0) is 24.8 Å². The van der Waals surface area contributed by atoms with Gasteiger partial charge in [0.25, 0.3) is 0 Å². The lowest BCUT2D eigenvalue weighted by molar-refractivity contribution is 0.0601. The Morgan fingerprint density at radius 1 is 1.24 bits per heavy atom. The molecule has 6 heteroatoms. The Morgan fingerprint density at radius 3 is 2.65 bits per heavy atom. The highest BCUT2D eigenvalue weighted by atomic mass is 32.1. The maximum Gasteiger partial charge on any atom is 0.411 e. The lowest BCUT2D eigenvalue weighted by atomic mass is 10.1. The molecule has 0 radical (unpaired) electrons. The average molecular weight is 255 g/mol. The number of carbonyl (C=O) groups is 2. The molecule has 0 fully saturated rings. The van der Waals surface area contributed by atoms with E-state index in [1.165, 1.54) is 25.6 Å². The van der Waals surface area contributed by atoms with Gasteiger partial charge in [-0.1, -0.05) is 0 Å². The number of anilines is 1. The number of thiophene rings is 1. The Kier molecular flexibility index (Phi) is 3.33. The highest BCUT2D eigenvalue weighted by Gasteiger charge is 2.27. The third-order valence-corrected chi connectivity index (χ3v) is 3.92. The van der Waals surface area contributed by atoms with Gasteiger partial charge in [0, 0.05) is 4.88 Å². The van der Waals surface area contributed by atoms with E-state index in [9.17, 15) is 9.59 Å². The number of amides is 1. The molecular formula is C11H13NO4S. The van der Waals surface area contributed by atoms with Crippen LogP contribution in [0.4, 0.5) is 9.80 Å². The Labute approximate surface area is 103 Å². The van der Waals surface area contributed by atoms with Crippen LogP contribution >= 0.6 is 11.3 Å². The van der Waals surface area contributed by atoms with Gasteiger partial charge in [0.1, 0.15) is 5.00 Å². The molecule has 0 atom stereocenters. The fourth-order valence-electron chi connectivity index (χ4n) is 1.95. The molecule has 0 bridgehead atoms. The molecule has 0 aromatic carbocycles. The number of carbonyl (C=O) groups excluding carboxylic acids is 2. The smallest absolute Gasteiger partial charge is 0.411 e. The SMILES string of the molecule is COC(=O)Nc1sc2c(c1C(=O)OC)CCC2. The van der Waals surface area contributed by atoms with E-state index in [4.69, 9.17) is 4.74 Å². The molecule has 0 unspecified atom stereocenters. The second-order valence-corrected chi connectivity index (χ2v) is 4.77. The highest BCUT2D eigenvalue weighted by Crippen LogP contribution is 2.39. The summed E-state index contributed by atoms with van der Waals surface area (Å²) in [5, 5.41) is 3.08. The topological polar surface area (TPSA) is 64.6 Å². The average Bonchev–Trinajstić information content (AvgIpc) is 2.87. The van der Waals surface area contributed by atoms with Crippen molar-refractivity contribution >= 4 is 28.4 Å². The fourth-order valence-corrected chi connectivity index (χ4v) is 3.22. The molecule has 1 aliphatic carbocycles. The molecule has 17 heavy (non-hydrogen) atoms. The van der Waals surface area contributed by atoms with Gasteiger partial charge in [-0.15, -0.1) is 11.3 Å². The maximum absolute atomic E-state index is 11.7. The van der Waals surface area contributed by atoms with Crippen molar-refractivity contribution < 1.29 is 19.1 Å². The van der Waals surface area contributed by atoms with Gasteiger partial charge in [0.15, 0.2) is 0 Å². The van der Waals surface area contributed by atoms with E-state index in [2.05, 4.69) is 10.1 Å². The van der Waals surface area contributed by atoms with Crippen LogP contribution in [0.3, 0.4) is 0 Å². The van der Waals surface area contributed by atoms with Crippen molar-refractivity contribution in [3.63, 3.8) is 0 Å². The highest BCUT2D eigenvalue weighted by molar-refractivity contribution is 7.17. The lowest BCUT2D eigenvalue weighted by Gasteiger charge is -2.05. The number of fused-ring (bicyclic) bond motifs is 1. The third kappa shape index (κ3) is 2.12. The summed E-state index contributed by atoms with van der Waals surface area (Å²) in [5.74, 6) is -0.407. The minimum Gasteiger partial charge on any atom is -0.465 e. The van der Waals surface area contributed by atoms with Crippen LogP contribution in [0.25, 0.3) is 0 Å². The molecule has 1 amide bonds.